The Morgan fingerprint density at radius 2 is 2.00 bits per heavy atom. The van der Waals surface area contributed by atoms with Crippen molar-refractivity contribution in [2.45, 2.75) is 6.92 Å². The minimum Gasteiger partial charge on any atom is -0.506 e. The Bertz CT molecular complexity index is 1010. The van der Waals surface area contributed by atoms with Crippen LogP contribution in [0.15, 0.2) is 75.8 Å². The van der Waals surface area contributed by atoms with Gasteiger partial charge in [0.25, 0.3) is 5.69 Å². The van der Waals surface area contributed by atoms with Gasteiger partial charge in [-0.3, -0.25) is 10.1 Å². The number of benzene rings is 2. The summed E-state index contributed by atoms with van der Waals surface area (Å²) in [7, 11) is 0. The summed E-state index contributed by atoms with van der Waals surface area (Å²) in [6.45, 7) is 1.83. The lowest BCUT2D eigenvalue weighted by Gasteiger charge is -2.03. The number of aliphatic hydroxyl groups is 1. The predicted octanol–water partition coefficient (Wildman–Crippen LogP) is 4.79. The molecule has 0 aromatic heterocycles. The quantitative estimate of drug-likeness (QED) is 0.443. The molecule has 1 N–H and O–H groups in total. The number of hydrogen-bond acceptors (Lipinski definition) is 7. The van der Waals surface area contributed by atoms with Crippen LogP contribution in [0.4, 0.5) is 11.4 Å². The van der Waals surface area contributed by atoms with E-state index in [0.717, 1.165) is 11.8 Å². The minimum absolute atomic E-state index is 0.0209. The molecule has 3 rings (SSSR count). The Hall–Kier alpha value is -3.39. The lowest BCUT2D eigenvalue weighted by molar-refractivity contribution is -0.384. The van der Waals surface area contributed by atoms with Crippen molar-refractivity contribution < 1.29 is 19.6 Å². The molecule has 0 aliphatic carbocycles. The summed E-state index contributed by atoms with van der Waals surface area (Å²) in [5.74, 6) is -0.936. The van der Waals surface area contributed by atoms with Crippen LogP contribution in [0.25, 0.3) is 6.08 Å². The van der Waals surface area contributed by atoms with E-state index in [0.29, 0.717) is 21.2 Å². The summed E-state index contributed by atoms with van der Waals surface area (Å²) in [4.78, 5) is 27.6. The van der Waals surface area contributed by atoms with E-state index in [1.54, 1.807) is 37.3 Å². The zero-order valence-corrected chi connectivity index (χ0v) is 15.7. The van der Waals surface area contributed by atoms with Crippen LogP contribution in [0.3, 0.4) is 0 Å². The van der Waals surface area contributed by atoms with E-state index in [2.05, 4.69) is 4.99 Å². The normalized spacial score (nSPS) is 16.6. The van der Waals surface area contributed by atoms with Crippen LogP contribution in [0.1, 0.15) is 12.5 Å². The zero-order valence-electron chi connectivity index (χ0n) is 14.9. The topological polar surface area (TPSA) is 102 Å². The highest BCUT2D eigenvalue weighted by atomic mass is 32.2. The van der Waals surface area contributed by atoms with Crippen molar-refractivity contribution in [2.75, 3.05) is 6.61 Å². The number of aliphatic hydroxyl groups excluding tert-OH is 1. The molecule has 2 aromatic carbocycles. The average molecular weight is 396 g/mol. The molecule has 0 atom stereocenters. The number of thioether (sulfide) groups is 1. The summed E-state index contributed by atoms with van der Waals surface area (Å²) < 4.78 is 5.05. The highest BCUT2D eigenvalue weighted by molar-refractivity contribution is 8.18. The first-order valence-corrected chi connectivity index (χ1v) is 9.20. The second-order valence-electron chi connectivity index (χ2n) is 5.66. The maximum absolute atomic E-state index is 12.3. The van der Waals surface area contributed by atoms with E-state index in [-0.39, 0.29) is 23.6 Å². The molecule has 8 heteroatoms. The van der Waals surface area contributed by atoms with Crippen molar-refractivity contribution in [1.82, 2.24) is 0 Å². The molecular weight excluding hydrogens is 380 g/mol. The Morgan fingerprint density at radius 1 is 1.25 bits per heavy atom. The molecule has 0 amide bonds. The Morgan fingerprint density at radius 3 is 2.68 bits per heavy atom. The van der Waals surface area contributed by atoms with E-state index < -0.39 is 10.9 Å². The van der Waals surface area contributed by atoms with Gasteiger partial charge in [0.05, 0.1) is 22.1 Å². The molecule has 0 fully saturated rings. The van der Waals surface area contributed by atoms with E-state index in [1.165, 1.54) is 12.1 Å². The number of esters is 1. The third kappa shape index (κ3) is 4.29. The molecule has 0 spiro atoms. The van der Waals surface area contributed by atoms with Gasteiger partial charge in [-0.15, -0.1) is 0 Å². The molecule has 2 aromatic rings. The molecule has 0 saturated carbocycles. The van der Waals surface area contributed by atoms with Crippen LogP contribution in [-0.4, -0.2) is 27.6 Å². The summed E-state index contributed by atoms with van der Waals surface area (Å²) in [5, 5.41) is 21.9. The number of non-ortho nitro benzene ring substituents is 1. The predicted molar refractivity (Wildman–Crippen MR) is 108 cm³/mol. The van der Waals surface area contributed by atoms with Crippen molar-refractivity contribution in [1.29, 1.82) is 0 Å². The number of hydrogen-bond donors (Lipinski definition) is 1. The SMILES string of the molecule is CCOC(=O)C1=C(O)/C(=C/c2cccc([N+](=O)[O-])c2)SC1=Nc1ccccc1. The molecular formula is C20H16N2O5S. The van der Waals surface area contributed by atoms with Crippen molar-refractivity contribution in [2.24, 2.45) is 4.99 Å². The van der Waals surface area contributed by atoms with E-state index in [9.17, 15) is 20.0 Å². The third-order valence-electron chi connectivity index (χ3n) is 3.74. The fourth-order valence-corrected chi connectivity index (χ4v) is 3.53. The lowest BCUT2D eigenvalue weighted by atomic mass is 10.1. The van der Waals surface area contributed by atoms with Crippen LogP contribution in [0.2, 0.25) is 0 Å². The highest BCUT2D eigenvalue weighted by Gasteiger charge is 2.33. The van der Waals surface area contributed by atoms with Crippen molar-refractivity contribution in [3.63, 3.8) is 0 Å². The summed E-state index contributed by atoms with van der Waals surface area (Å²) in [5.41, 5.74) is 1.06. The van der Waals surface area contributed by atoms with E-state index in [1.807, 2.05) is 18.2 Å². The summed E-state index contributed by atoms with van der Waals surface area (Å²) in [6.07, 6.45) is 1.57. The minimum atomic E-state index is -0.676. The van der Waals surface area contributed by atoms with Gasteiger partial charge in [0.15, 0.2) is 0 Å². The van der Waals surface area contributed by atoms with Crippen LogP contribution in [0.5, 0.6) is 0 Å². The Kier molecular flexibility index (Phi) is 5.90. The molecule has 1 aliphatic rings. The average Bonchev–Trinajstić information content (AvgIpc) is 2.98. The maximum atomic E-state index is 12.3. The Labute approximate surface area is 165 Å². The number of carbonyl (C=O) groups is 1. The lowest BCUT2D eigenvalue weighted by Crippen LogP contribution is -2.12. The molecule has 7 nitrogen and oxygen atoms in total. The molecule has 142 valence electrons. The first kappa shape index (κ1) is 19.4. The largest absolute Gasteiger partial charge is 0.506 e. The number of carbonyl (C=O) groups excluding carboxylic acids is 1. The molecule has 0 radical (unpaired) electrons. The van der Waals surface area contributed by atoms with Crippen LogP contribution in [0, 0.1) is 10.1 Å². The van der Waals surface area contributed by atoms with E-state index in [4.69, 9.17) is 4.74 Å². The van der Waals surface area contributed by atoms with Gasteiger partial charge in [0.1, 0.15) is 16.4 Å². The van der Waals surface area contributed by atoms with Crippen molar-refractivity contribution in [3.05, 3.63) is 86.5 Å². The first-order valence-electron chi connectivity index (χ1n) is 8.38. The van der Waals surface area contributed by atoms with Gasteiger partial charge in [0, 0.05) is 12.1 Å². The number of nitro groups is 1. The zero-order chi connectivity index (χ0) is 20.1. The molecule has 0 bridgehead atoms. The number of nitro benzene ring substituents is 1. The Balaban J connectivity index is 2.04. The van der Waals surface area contributed by atoms with Gasteiger partial charge in [0.2, 0.25) is 0 Å². The monoisotopic (exact) mass is 396 g/mol. The van der Waals surface area contributed by atoms with E-state index >= 15 is 0 Å². The van der Waals surface area contributed by atoms with Crippen LogP contribution in [-0.2, 0) is 9.53 Å². The number of para-hydroxylation sites is 1. The molecule has 28 heavy (non-hydrogen) atoms. The third-order valence-corrected chi connectivity index (χ3v) is 4.76. The van der Waals surface area contributed by atoms with Gasteiger partial charge >= 0.3 is 5.97 Å². The maximum Gasteiger partial charge on any atom is 0.344 e. The number of aliphatic imine (C=N–C) groups is 1. The summed E-state index contributed by atoms with van der Waals surface area (Å²) in [6, 6.07) is 15.0. The number of rotatable bonds is 5. The van der Waals surface area contributed by atoms with Gasteiger partial charge in [-0.25, -0.2) is 9.79 Å². The smallest absolute Gasteiger partial charge is 0.344 e. The van der Waals surface area contributed by atoms with Crippen molar-refractivity contribution in [3.8, 4) is 0 Å². The fraction of sp³-hybridized carbons (Fsp3) is 0.100. The van der Waals surface area contributed by atoms with Gasteiger partial charge in [-0.05, 0) is 30.7 Å². The number of nitrogens with zero attached hydrogens (tertiary/aromatic N) is 2. The molecule has 1 aliphatic heterocycles. The molecule has 0 unspecified atom stereocenters. The number of ether oxygens (including phenoxy) is 1. The van der Waals surface area contributed by atoms with Gasteiger partial charge in [-0.1, -0.05) is 42.1 Å². The molecule has 0 saturated heterocycles. The van der Waals surface area contributed by atoms with Gasteiger partial charge in [-0.2, -0.15) is 0 Å². The van der Waals surface area contributed by atoms with Gasteiger partial charge < -0.3 is 9.84 Å². The summed E-state index contributed by atoms with van der Waals surface area (Å²) >= 11 is 1.10. The first-order chi connectivity index (χ1) is 13.5. The fourth-order valence-electron chi connectivity index (χ4n) is 2.49. The highest BCUT2D eigenvalue weighted by Crippen LogP contribution is 2.40. The standard InChI is InChI=1S/C20H16N2O5S/c1-2-27-20(24)17-18(23)16(12-13-7-6-10-15(11-13)22(25)26)28-19(17)21-14-8-4-3-5-9-14/h3-12,23H,2H2,1H3/b16-12-,21-19?. The molecule has 1 heterocycles. The second-order valence-corrected chi connectivity index (χ2v) is 6.69. The van der Waals surface area contributed by atoms with Crippen LogP contribution < -0.4 is 0 Å². The van der Waals surface area contributed by atoms with Crippen LogP contribution >= 0.6 is 11.8 Å². The van der Waals surface area contributed by atoms with Crippen molar-refractivity contribution >= 4 is 40.2 Å². The second kappa shape index (κ2) is 8.53.